The molecule has 5 nitrogen and oxygen atoms in total. The molecule has 2 aromatic rings. The van der Waals surface area contributed by atoms with Gasteiger partial charge in [0, 0.05) is 30.9 Å². The first-order valence-electron chi connectivity index (χ1n) is 9.16. The second-order valence-electron chi connectivity index (χ2n) is 7.30. The van der Waals surface area contributed by atoms with Gasteiger partial charge in [-0.3, -0.25) is 19.5 Å². The number of ketones is 1. The van der Waals surface area contributed by atoms with E-state index < -0.39 is 6.04 Å². The van der Waals surface area contributed by atoms with E-state index in [1.54, 1.807) is 6.20 Å². The molecular weight excluding hydrogens is 326 g/mol. The molecule has 0 amide bonds. The highest BCUT2D eigenvalue weighted by atomic mass is 16.2. The zero-order valence-electron chi connectivity index (χ0n) is 14.7. The first-order valence-corrected chi connectivity index (χ1v) is 9.16. The third kappa shape index (κ3) is 2.97. The number of rotatable bonds is 5. The van der Waals surface area contributed by atoms with E-state index in [-0.39, 0.29) is 11.2 Å². The van der Waals surface area contributed by atoms with Gasteiger partial charge in [0.25, 0.3) is 0 Å². The summed E-state index contributed by atoms with van der Waals surface area (Å²) in [6.07, 6.45) is 6.20. The second kappa shape index (κ2) is 7.09. The van der Waals surface area contributed by atoms with Gasteiger partial charge in [-0.25, -0.2) is 0 Å². The highest BCUT2D eigenvalue weighted by molar-refractivity contribution is 6.27. The molecule has 1 saturated heterocycles. The largest absolute Gasteiger partial charge is 0.317 e. The molecule has 1 atom stereocenters. The van der Waals surface area contributed by atoms with Gasteiger partial charge >= 0.3 is 0 Å². The molecule has 1 aromatic heterocycles. The van der Waals surface area contributed by atoms with Crippen LogP contribution in [0.3, 0.4) is 0 Å². The molecular formula is C21H23N3O2. The number of hydrogen-bond acceptors (Lipinski definition) is 5. The first kappa shape index (κ1) is 17.1. The van der Waals surface area contributed by atoms with Crippen molar-refractivity contribution in [1.29, 1.82) is 0 Å². The summed E-state index contributed by atoms with van der Waals surface area (Å²) in [5.41, 5.74) is 3.28. The van der Waals surface area contributed by atoms with E-state index >= 15 is 0 Å². The van der Waals surface area contributed by atoms with E-state index in [1.165, 1.54) is 5.56 Å². The number of carbonyl (C=O) groups is 2. The van der Waals surface area contributed by atoms with Crippen LogP contribution in [0, 0.1) is 0 Å². The van der Waals surface area contributed by atoms with Gasteiger partial charge in [0.1, 0.15) is 6.04 Å². The molecule has 4 rings (SSSR count). The lowest BCUT2D eigenvalue weighted by molar-refractivity contribution is -0.133. The molecule has 134 valence electrons. The predicted molar refractivity (Wildman–Crippen MR) is 98.7 cm³/mol. The number of hydrogen-bond donors (Lipinski definition) is 1. The van der Waals surface area contributed by atoms with Crippen LogP contribution >= 0.6 is 0 Å². The molecule has 5 heteroatoms. The lowest BCUT2D eigenvalue weighted by Gasteiger charge is -2.42. The molecule has 2 aliphatic rings. The lowest BCUT2D eigenvalue weighted by atomic mass is 9.73. The standard InChI is InChI=1S/C21H23N3O2/c25-14-19(26)20-18-6-2-1-4-16(18)13-24(20)15-21(7-10-22-11-8-21)17-5-3-9-23-12-17/h1-6,9,12,14,20,22H,7-8,10-11,13,15H2. The van der Waals surface area contributed by atoms with E-state index in [9.17, 15) is 9.59 Å². The minimum Gasteiger partial charge on any atom is -0.317 e. The maximum Gasteiger partial charge on any atom is 0.216 e. The number of aromatic nitrogens is 1. The summed E-state index contributed by atoms with van der Waals surface area (Å²) < 4.78 is 0. The van der Waals surface area contributed by atoms with Crippen LogP contribution in [0.4, 0.5) is 0 Å². The van der Waals surface area contributed by atoms with Crippen molar-refractivity contribution in [2.75, 3.05) is 19.6 Å². The summed E-state index contributed by atoms with van der Waals surface area (Å²) in [5, 5.41) is 3.43. The van der Waals surface area contributed by atoms with E-state index in [0.717, 1.165) is 43.6 Å². The minimum atomic E-state index is -0.466. The van der Waals surface area contributed by atoms with Gasteiger partial charge in [0.2, 0.25) is 5.78 Å². The zero-order chi connectivity index (χ0) is 18.0. The Bertz CT molecular complexity index is 800. The Hall–Kier alpha value is -2.37. The van der Waals surface area contributed by atoms with Gasteiger partial charge in [0.05, 0.1) is 0 Å². The molecule has 0 bridgehead atoms. The normalized spacial score (nSPS) is 21.9. The summed E-state index contributed by atoms with van der Waals surface area (Å²) in [6.45, 7) is 3.35. The fraction of sp³-hybridized carbons (Fsp3) is 0.381. The van der Waals surface area contributed by atoms with Gasteiger partial charge in [-0.05, 0) is 48.7 Å². The topological polar surface area (TPSA) is 62.3 Å². The number of piperidine rings is 1. The predicted octanol–water partition coefficient (Wildman–Crippen LogP) is 2.03. The van der Waals surface area contributed by atoms with Crippen LogP contribution in [0.1, 0.15) is 35.6 Å². The fourth-order valence-corrected chi connectivity index (χ4v) is 4.51. The van der Waals surface area contributed by atoms with Crippen LogP contribution in [-0.2, 0) is 21.5 Å². The fourth-order valence-electron chi connectivity index (χ4n) is 4.51. The van der Waals surface area contributed by atoms with Crippen molar-refractivity contribution in [2.45, 2.75) is 30.8 Å². The van der Waals surface area contributed by atoms with Crippen molar-refractivity contribution in [3.8, 4) is 0 Å². The Kier molecular flexibility index (Phi) is 4.66. The number of fused-ring (bicyclic) bond motifs is 1. The van der Waals surface area contributed by atoms with Gasteiger partial charge in [-0.15, -0.1) is 0 Å². The maximum absolute atomic E-state index is 12.4. The number of nitrogens with zero attached hydrogens (tertiary/aromatic N) is 2. The maximum atomic E-state index is 12.4. The monoisotopic (exact) mass is 349 g/mol. The molecule has 1 fully saturated rings. The average molecular weight is 349 g/mol. The number of benzene rings is 1. The molecule has 1 aromatic carbocycles. The van der Waals surface area contributed by atoms with Crippen molar-refractivity contribution in [1.82, 2.24) is 15.2 Å². The molecule has 2 aliphatic heterocycles. The van der Waals surface area contributed by atoms with Crippen molar-refractivity contribution >= 4 is 12.1 Å². The van der Waals surface area contributed by atoms with E-state index in [2.05, 4.69) is 27.3 Å². The molecule has 1 unspecified atom stereocenters. The van der Waals surface area contributed by atoms with E-state index in [0.29, 0.717) is 12.8 Å². The number of aldehydes is 1. The Morgan fingerprint density at radius 2 is 2.04 bits per heavy atom. The molecule has 0 spiro atoms. The summed E-state index contributed by atoms with van der Waals surface area (Å²) in [4.78, 5) is 30.2. The van der Waals surface area contributed by atoms with E-state index in [4.69, 9.17) is 0 Å². The minimum absolute atomic E-state index is 0.0526. The van der Waals surface area contributed by atoms with Crippen LogP contribution in [0.15, 0.2) is 48.8 Å². The molecule has 0 saturated carbocycles. The van der Waals surface area contributed by atoms with Crippen molar-refractivity contribution in [2.24, 2.45) is 0 Å². The third-order valence-corrected chi connectivity index (χ3v) is 5.81. The zero-order valence-corrected chi connectivity index (χ0v) is 14.7. The number of pyridine rings is 1. The van der Waals surface area contributed by atoms with Crippen molar-refractivity contribution in [3.05, 3.63) is 65.5 Å². The van der Waals surface area contributed by atoms with E-state index in [1.807, 2.05) is 30.5 Å². The summed E-state index contributed by atoms with van der Waals surface area (Å²) >= 11 is 0. The van der Waals surface area contributed by atoms with Gasteiger partial charge < -0.3 is 5.32 Å². The Labute approximate surface area is 153 Å². The molecule has 0 radical (unpaired) electrons. The Morgan fingerprint density at radius 3 is 2.77 bits per heavy atom. The molecule has 26 heavy (non-hydrogen) atoms. The van der Waals surface area contributed by atoms with Gasteiger partial charge in [-0.1, -0.05) is 30.3 Å². The lowest BCUT2D eigenvalue weighted by Crippen LogP contribution is -2.48. The van der Waals surface area contributed by atoms with Crippen molar-refractivity contribution in [3.63, 3.8) is 0 Å². The first-order chi connectivity index (χ1) is 12.7. The summed E-state index contributed by atoms with van der Waals surface area (Å²) in [5.74, 6) is -0.356. The smallest absolute Gasteiger partial charge is 0.216 e. The number of nitrogens with one attached hydrogen (secondary N) is 1. The molecule has 1 N–H and O–H groups in total. The summed E-state index contributed by atoms with van der Waals surface area (Å²) in [6, 6.07) is 11.6. The Balaban J connectivity index is 1.69. The van der Waals surface area contributed by atoms with Crippen LogP contribution in [0.25, 0.3) is 0 Å². The Morgan fingerprint density at radius 1 is 1.23 bits per heavy atom. The van der Waals surface area contributed by atoms with Gasteiger partial charge in [0.15, 0.2) is 6.29 Å². The highest BCUT2D eigenvalue weighted by Crippen LogP contribution is 2.40. The SMILES string of the molecule is O=CC(=O)C1c2ccccc2CN1CC1(c2cccnc2)CCNCC1. The summed E-state index contributed by atoms with van der Waals surface area (Å²) in [7, 11) is 0. The average Bonchev–Trinajstić information content (AvgIpc) is 3.06. The molecule has 0 aliphatic carbocycles. The van der Waals surface area contributed by atoms with Crippen LogP contribution in [-0.4, -0.2) is 41.6 Å². The van der Waals surface area contributed by atoms with Crippen molar-refractivity contribution < 1.29 is 9.59 Å². The quantitative estimate of drug-likeness (QED) is 0.661. The second-order valence-corrected chi connectivity index (χ2v) is 7.30. The number of Topliss-reactive ketones (excluding diaryl/α,β-unsaturated/α-hetero) is 1. The van der Waals surface area contributed by atoms with Crippen LogP contribution in [0.5, 0.6) is 0 Å². The third-order valence-electron chi connectivity index (χ3n) is 5.81. The highest BCUT2D eigenvalue weighted by Gasteiger charge is 2.42. The van der Waals surface area contributed by atoms with Gasteiger partial charge in [-0.2, -0.15) is 0 Å². The molecule has 3 heterocycles. The number of carbonyl (C=O) groups excluding carboxylic acids is 2. The van der Waals surface area contributed by atoms with Crippen LogP contribution < -0.4 is 5.32 Å². The van der Waals surface area contributed by atoms with Crippen LogP contribution in [0.2, 0.25) is 0 Å².